The Morgan fingerprint density at radius 3 is 0.474 bits per heavy atom. The fraction of sp³-hybridized carbons (Fsp3) is 1.00. The third-order valence-corrected chi connectivity index (χ3v) is 12.1. The van der Waals surface area contributed by atoms with Crippen molar-refractivity contribution in [3.63, 3.8) is 0 Å². The van der Waals surface area contributed by atoms with Crippen LogP contribution in [0.2, 0.25) is 78.6 Å². The van der Waals surface area contributed by atoms with Crippen LogP contribution < -0.4 is 0 Å². The van der Waals surface area contributed by atoms with Gasteiger partial charge in [-0.2, -0.15) is 0 Å². The first-order valence-electron chi connectivity index (χ1n) is 6.89. The van der Waals surface area contributed by atoms with Gasteiger partial charge in [-0.05, 0) is 0 Å². The van der Waals surface area contributed by atoms with Gasteiger partial charge in [0.15, 0.2) is 0 Å². The Morgan fingerprint density at radius 2 is 0.474 bits per heavy atom. The maximum atomic E-state index is 4.82. The van der Waals surface area contributed by atoms with Crippen LogP contribution in [0.5, 0.6) is 0 Å². The van der Waals surface area contributed by atoms with Crippen molar-refractivity contribution in [2.45, 2.75) is 78.6 Å². The zero-order valence-corrected chi connectivity index (χ0v) is 20.4. The van der Waals surface area contributed by atoms with E-state index in [0.717, 1.165) is 0 Å². The van der Waals surface area contributed by atoms with E-state index in [9.17, 15) is 0 Å². The van der Waals surface area contributed by atoms with Gasteiger partial charge in [-0.1, -0.05) is 112 Å². The van der Waals surface area contributed by atoms with E-state index in [1.807, 2.05) is 0 Å². The second-order valence-electron chi connectivity index (χ2n) is 8.91. The maximum absolute atomic E-state index is 4.82. The van der Waals surface area contributed by atoms with Crippen molar-refractivity contribution in [3.8, 4) is 0 Å². The van der Waals surface area contributed by atoms with Crippen molar-refractivity contribution in [3.05, 3.63) is 9.30 Å². The fourth-order valence-electron chi connectivity index (χ4n) is 2.01. The summed E-state index contributed by atoms with van der Waals surface area (Å²) < 4.78 is 9.64. The van der Waals surface area contributed by atoms with Gasteiger partial charge in [0.2, 0.25) is 0 Å². The molecule has 0 bridgehead atoms. The van der Waals surface area contributed by atoms with Gasteiger partial charge >= 0.3 is 17.1 Å². The van der Waals surface area contributed by atoms with Crippen LogP contribution in [0, 0.1) is 0 Å². The molecule has 0 aliphatic carbocycles. The molecule has 0 aromatic rings. The first-order chi connectivity index (χ1) is 7.41. The second kappa shape index (κ2) is 8.68. The van der Waals surface area contributed by atoms with Gasteiger partial charge in [-0.25, -0.2) is 0 Å². The molecule has 118 valence electrons. The quantitative estimate of drug-likeness (QED) is 0.534. The number of rotatable bonds is 4. The van der Waals surface area contributed by atoms with Crippen molar-refractivity contribution in [2.75, 3.05) is 0 Å². The average molecular weight is 377 g/mol. The van der Waals surface area contributed by atoms with Crippen molar-refractivity contribution >= 4 is 32.9 Å². The molecule has 0 fully saturated rings. The number of hydrogen-bond donors (Lipinski definition) is 0. The Bertz CT molecular complexity index is 184. The van der Waals surface area contributed by atoms with Crippen LogP contribution in [0.25, 0.3) is 9.30 Å². The molecule has 0 amide bonds. The average Bonchev–Trinajstić information content (AvgIpc) is 1.64. The molecule has 19 heavy (non-hydrogen) atoms. The predicted octanol–water partition coefficient (Wildman–Crippen LogP) is 6.06. The normalized spacial score (nSPS) is 13.3. The molecule has 0 saturated carbocycles. The molecule has 0 rings (SSSR count). The minimum atomic E-state index is -1.11. The molecule has 2 nitrogen and oxygen atoms in total. The van der Waals surface area contributed by atoms with E-state index in [4.69, 9.17) is 9.30 Å². The van der Waals surface area contributed by atoms with E-state index < -0.39 is 32.9 Å². The minimum Gasteiger partial charge on any atom is -0.668 e. The molecule has 0 saturated heterocycles. The van der Waals surface area contributed by atoms with Gasteiger partial charge in [0.1, 0.15) is 0 Å². The summed E-state index contributed by atoms with van der Waals surface area (Å²) in [6.45, 7) is 27.6. The summed E-state index contributed by atoms with van der Waals surface area (Å²) >= 11 is 0. The molecule has 0 N–H and O–H groups in total. The van der Waals surface area contributed by atoms with E-state index in [0.29, 0.717) is 0 Å². The standard InChI is InChI=1S/2C6H18NSi2.Fe/c2*1-8(2,3)7-9(4,5)6;/h2*1-6H3;/q2*-1;+2. The molecule has 0 heterocycles. The van der Waals surface area contributed by atoms with E-state index in [1.165, 1.54) is 0 Å². The van der Waals surface area contributed by atoms with Crippen LogP contribution in [-0.2, 0) is 17.1 Å². The van der Waals surface area contributed by atoms with Crippen molar-refractivity contribution < 1.29 is 17.1 Å². The Morgan fingerprint density at radius 1 is 0.368 bits per heavy atom. The molecular weight excluding hydrogens is 340 g/mol. The van der Waals surface area contributed by atoms with E-state index in [2.05, 4.69) is 78.6 Å². The van der Waals surface area contributed by atoms with Crippen LogP contribution in [0.4, 0.5) is 0 Å². The Hall–Kier alpha value is 1.31. The Balaban J connectivity index is -0.000000256. The summed E-state index contributed by atoms with van der Waals surface area (Å²) in [6, 6.07) is 0. The first kappa shape index (κ1) is 25.3. The Kier molecular flexibility index (Phi) is 11.5. The molecule has 0 radical (unpaired) electrons. The molecule has 0 aliphatic heterocycles. The fourth-order valence-corrected chi connectivity index (χ4v) is 18.1. The van der Waals surface area contributed by atoms with E-state index in [1.54, 1.807) is 0 Å². The van der Waals surface area contributed by atoms with Crippen molar-refractivity contribution in [1.82, 2.24) is 0 Å². The summed E-state index contributed by atoms with van der Waals surface area (Å²) in [6.07, 6.45) is 0. The maximum Gasteiger partial charge on any atom is 2.00 e. The van der Waals surface area contributed by atoms with Crippen LogP contribution in [0.3, 0.4) is 0 Å². The molecule has 0 atom stereocenters. The largest absolute Gasteiger partial charge is 2.00 e. The van der Waals surface area contributed by atoms with Crippen LogP contribution in [0.15, 0.2) is 0 Å². The van der Waals surface area contributed by atoms with Crippen LogP contribution in [0.1, 0.15) is 0 Å². The molecule has 0 unspecified atom stereocenters. The van der Waals surface area contributed by atoms with Gasteiger partial charge in [-0.3, -0.25) is 0 Å². The number of nitrogens with zero attached hydrogens (tertiary/aromatic N) is 2. The van der Waals surface area contributed by atoms with Gasteiger partial charge in [0.05, 0.1) is 0 Å². The molecule has 0 aromatic carbocycles. The van der Waals surface area contributed by atoms with Gasteiger partial charge < -0.3 is 9.30 Å². The predicted molar refractivity (Wildman–Crippen MR) is 100 cm³/mol. The monoisotopic (exact) mass is 376 g/mol. The van der Waals surface area contributed by atoms with Crippen LogP contribution in [-0.4, -0.2) is 32.9 Å². The summed E-state index contributed by atoms with van der Waals surface area (Å²) in [7, 11) is -4.42. The molecule has 0 spiro atoms. The zero-order valence-electron chi connectivity index (χ0n) is 15.2. The summed E-state index contributed by atoms with van der Waals surface area (Å²) in [5.74, 6) is 0. The molecule has 0 aromatic heterocycles. The van der Waals surface area contributed by atoms with Gasteiger partial charge in [0, 0.05) is 0 Å². The smallest absolute Gasteiger partial charge is 0.668 e. The third-order valence-electron chi connectivity index (χ3n) is 1.34. The first-order valence-corrected chi connectivity index (χ1v) is 20.7. The van der Waals surface area contributed by atoms with E-state index >= 15 is 0 Å². The second-order valence-corrected chi connectivity index (χ2v) is 28.1. The summed E-state index contributed by atoms with van der Waals surface area (Å²) in [5.41, 5.74) is 0. The molecular formula is C12H36FeN2Si4. The third kappa shape index (κ3) is 32.7. The van der Waals surface area contributed by atoms with Crippen molar-refractivity contribution in [2.24, 2.45) is 0 Å². The summed E-state index contributed by atoms with van der Waals surface area (Å²) in [4.78, 5) is 0. The topological polar surface area (TPSA) is 28.2 Å². The number of hydrogen-bond acceptors (Lipinski definition) is 0. The zero-order chi connectivity index (χ0) is 15.4. The van der Waals surface area contributed by atoms with Crippen LogP contribution >= 0.6 is 0 Å². The molecule has 7 heteroatoms. The van der Waals surface area contributed by atoms with Gasteiger partial charge in [0.25, 0.3) is 0 Å². The SMILES string of the molecule is C[Si](C)(C)[N-][Si](C)(C)C.C[Si](C)(C)[N-][Si](C)(C)C.[Fe+2]. The van der Waals surface area contributed by atoms with Gasteiger partial charge in [-0.15, -0.1) is 0 Å². The summed E-state index contributed by atoms with van der Waals surface area (Å²) in [5, 5.41) is 0. The minimum absolute atomic E-state index is 0. The van der Waals surface area contributed by atoms with E-state index in [-0.39, 0.29) is 17.1 Å². The molecule has 0 aliphatic rings. The van der Waals surface area contributed by atoms with Crippen molar-refractivity contribution in [1.29, 1.82) is 0 Å². The Labute approximate surface area is 137 Å².